The van der Waals surface area contributed by atoms with Crippen molar-refractivity contribution >= 4 is 29.0 Å². The molecule has 1 saturated heterocycles. The van der Waals surface area contributed by atoms with Crippen LogP contribution < -0.4 is 0 Å². The number of aryl methyl sites for hydroxylation is 2. The number of nitrogens with zero attached hydrogens (tertiary/aromatic N) is 2. The maximum absolute atomic E-state index is 13.6. The van der Waals surface area contributed by atoms with Gasteiger partial charge in [0, 0.05) is 18.1 Å². The molecular formula is C25H27ClN2O3. The molecular weight excluding hydrogens is 412 g/mol. The molecule has 0 aliphatic carbocycles. The van der Waals surface area contributed by atoms with Crippen molar-refractivity contribution < 1.29 is 14.3 Å². The summed E-state index contributed by atoms with van der Waals surface area (Å²) in [6, 6.07) is 13.2. The Bertz CT molecular complexity index is 1070. The largest absolute Gasteiger partial charge is 0.372 e. The molecule has 2 heterocycles. The van der Waals surface area contributed by atoms with Gasteiger partial charge in [-0.1, -0.05) is 48.0 Å². The lowest BCUT2D eigenvalue weighted by molar-refractivity contribution is -0.139. The first-order valence-electron chi connectivity index (χ1n) is 10.6. The Kier molecular flexibility index (Phi) is 5.91. The van der Waals surface area contributed by atoms with Crippen LogP contribution in [0.5, 0.6) is 0 Å². The van der Waals surface area contributed by atoms with E-state index in [4.69, 9.17) is 16.3 Å². The van der Waals surface area contributed by atoms with Crippen LogP contribution in [0.25, 0.3) is 5.57 Å². The third kappa shape index (κ3) is 4.12. The van der Waals surface area contributed by atoms with Gasteiger partial charge >= 0.3 is 0 Å². The fourth-order valence-electron chi connectivity index (χ4n) is 4.31. The van der Waals surface area contributed by atoms with Gasteiger partial charge in [-0.15, -0.1) is 0 Å². The Balaban J connectivity index is 1.79. The normalized spacial score (nSPS) is 22.0. The van der Waals surface area contributed by atoms with Crippen LogP contribution in [-0.4, -0.2) is 46.9 Å². The van der Waals surface area contributed by atoms with Crippen LogP contribution >= 0.6 is 11.6 Å². The maximum atomic E-state index is 13.6. The molecule has 2 aromatic carbocycles. The van der Waals surface area contributed by atoms with Crippen LogP contribution in [0.2, 0.25) is 5.02 Å². The molecule has 0 N–H and O–H groups in total. The van der Waals surface area contributed by atoms with E-state index in [1.807, 2.05) is 69.0 Å². The Hall–Kier alpha value is -2.63. The van der Waals surface area contributed by atoms with Gasteiger partial charge in [0.15, 0.2) is 0 Å². The lowest BCUT2D eigenvalue weighted by atomic mass is 9.99. The van der Waals surface area contributed by atoms with E-state index in [0.29, 0.717) is 29.4 Å². The van der Waals surface area contributed by atoms with Crippen molar-refractivity contribution in [2.75, 3.05) is 13.1 Å². The first-order valence-corrected chi connectivity index (χ1v) is 11.0. The third-order valence-corrected chi connectivity index (χ3v) is 6.33. The van der Waals surface area contributed by atoms with Gasteiger partial charge in [0.25, 0.3) is 11.8 Å². The van der Waals surface area contributed by atoms with E-state index in [0.717, 1.165) is 22.3 Å². The van der Waals surface area contributed by atoms with Crippen molar-refractivity contribution in [1.29, 1.82) is 0 Å². The minimum absolute atomic E-state index is 0.0298. The zero-order chi connectivity index (χ0) is 22.3. The highest BCUT2D eigenvalue weighted by Crippen LogP contribution is 2.35. The first kappa shape index (κ1) is 21.6. The molecule has 0 bridgehead atoms. The molecule has 1 fully saturated rings. The molecule has 2 unspecified atom stereocenters. The van der Waals surface area contributed by atoms with Crippen LogP contribution in [0.1, 0.15) is 36.1 Å². The number of hydrogen-bond donors (Lipinski definition) is 0. The van der Waals surface area contributed by atoms with Gasteiger partial charge in [-0.2, -0.15) is 0 Å². The number of morpholine rings is 1. The van der Waals surface area contributed by atoms with Gasteiger partial charge < -0.3 is 9.64 Å². The lowest BCUT2D eigenvalue weighted by Crippen LogP contribution is -2.46. The van der Waals surface area contributed by atoms with E-state index in [9.17, 15) is 9.59 Å². The minimum Gasteiger partial charge on any atom is -0.372 e. The number of amides is 2. The molecule has 0 spiro atoms. The number of hydrogen-bond acceptors (Lipinski definition) is 4. The van der Waals surface area contributed by atoms with Crippen LogP contribution in [-0.2, 0) is 20.9 Å². The number of ether oxygens (including phenoxy) is 1. The molecule has 2 amide bonds. The number of benzene rings is 2. The molecule has 0 aromatic heterocycles. The predicted octanol–water partition coefficient (Wildman–Crippen LogP) is 4.35. The van der Waals surface area contributed by atoms with Gasteiger partial charge in [0.1, 0.15) is 5.70 Å². The van der Waals surface area contributed by atoms with Gasteiger partial charge in [-0.25, -0.2) is 0 Å². The molecule has 2 atom stereocenters. The van der Waals surface area contributed by atoms with Crippen molar-refractivity contribution in [2.45, 2.75) is 46.4 Å². The van der Waals surface area contributed by atoms with Crippen molar-refractivity contribution in [2.24, 2.45) is 0 Å². The second kappa shape index (κ2) is 8.48. The number of rotatable bonds is 4. The highest BCUT2D eigenvalue weighted by atomic mass is 35.5. The van der Waals surface area contributed by atoms with E-state index in [-0.39, 0.29) is 30.6 Å². The summed E-state index contributed by atoms with van der Waals surface area (Å²) < 4.78 is 5.86. The quantitative estimate of drug-likeness (QED) is 0.666. The van der Waals surface area contributed by atoms with E-state index in [1.54, 1.807) is 6.07 Å². The topological polar surface area (TPSA) is 49.9 Å². The fourth-order valence-corrected chi connectivity index (χ4v) is 4.51. The SMILES string of the molecule is Cc1ccc(C2=C(N3CC(C)OC(C)C3)C(=O)N(Cc3ccccc3Cl)C2=O)cc1C. The van der Waals surface area contributed by atoms with Crippen LogP contribution in [0.4, 0.5) is 0 Å². The third-order valence-electron chi connectivity index (χ3n) is 5.96. The van der Waals surface area contributed by atoms with Gasteiger partial charge in [0.05, 0.1) is 24.3 Å². The van der Waals surface area contributed by atoms with Gasteiger partial charge in [-0.3, -0.25) is 14.5 Å². The molecule has 2 aliphatic heterocycles. The molecule has 0 saturated carbocycles. The summed E-state index contributed by atoms with van der Waals surface area (Å²) in [5.74, 6) is -0.561. The summed E-state index contributed by atoms with van der Waals surface area (Å²) in [5, 5.41) is 0.540. The zero-order valence-corrected chi connectivity index (χ0v) is 19.1. The Morgan fingerprint density at radius 2 is 1.65 bits per heavy atom. The van der Waals surface area contributed by atoms with E-state index < -0.39 is 0 Å². The zero-order valence-electron chi connectivity index (χ0n) is 18.3. The van der Waals surface area contributed by atoms with Crippen LogP contribution in [0, 0.1) is 13.8 Å². The summed E-state index contributed by atoms with van der Waals surface area (Å²) >= 11 is 6.32. The van der Waals surface area contributed by atoms with Crippen molar-refractivity contribution in [3.05, 3.63) is 75.4 Å². The average molecular weight is 439 g/mol. The number of carbonyl (C=O) groups excluding carboxylic acids is 2. The van der Waals surface area contributed by atoms with E-state index >= 15 is 0 Å². The molecule has 0 radical (unpaired) electrons. The van der Waals surface area contributed by atoms with Gasteiger partial charge in [-0.05, 0) is 56.0 Å². The molecule has 162 valence electrons. The molecule has 4 rings (SSSR count). The molecule has 2 aromatic rings. The first-order chi connectivity index (χ1) is 14.8. The fraction of sp³-hybridized carbons (Fsp3) is 0.360. The highest BCUT2D eigenvalue weighted by Gasteiger charge is 2.43. The molecule has 6 heteroatoms. The van der Waals surface area contributed by atoms with E-state index in [1.165, 1.54) is 4.90 Å². The summed E-state index contributed by atoms with van der Waals surface area (Å²) in [6.07, 6.45) is -0.0597. The molecule has 5 nitrogen and oxygen atoms in total. The Morgan fingerprint density at radius 3 is 2.29 bits per heavy atom. The Morgan fingerprint density at radius 1 is 0.968 bits per heavy atom. The second-order valence-corrected chi connectivity index (χ2v) is 8.88. The van der Waals surface area contributed by atoms with E-state index in [2.05, 4.69) is 0 Å². The lowest BCUT2D eigenvalue weighted by Gasteiger charge is -2.37. The maximum Gasteiger partial charge on any atom is 0.278 e. The summed E-state index contributed by atoms with van der Waals surface area (Å²) in [7, 11) is 0. The number of carbonyl (C=O) groups is 2. The van der Waals surface area contributed by atoms with Crippen LogP contribution in [0.15, 0.2) is 48.2 Å². The van der Waals surface area contributed by atoms with Crippen LogP contribution in [0.3, 0.4) is 0 Å². The van der Waals surface area contributed by atoms with Crippen molar-refractivity contribution in [3.63, 3.8) is 0 Å². The van der Waals surface area contributed by atoms with Crippen molar-refractivity contribution in [1.82, 2.24) is 9.80 Å². The predicted molar refractivity (Wildman–Crippen MR) is 121 cm³/mol. The van der Waals surface area contributed by atoms with Gasteiger partial charge in [0.2, 0.25) is 0 Å². The average Bonchev–Trinajstić information content (AvgIpc) is 2.95. The summed E-state index contributed by atoms with van der Waals surface area (Å²) in [4.78, 5) is 30.5. The minimum atomic E-state index is -0.282. The smallest absolute Gasteiger partial charge is 0.278 e. The molecule has 2 aliphatic rings. The standard InChI is InChI=1S/C25H27ClN2O3/c1-15-9-10-19(11-16(15)2)22-23(27-12-17(3)31-18(4)13-27)25(30)28(24(22)29)14-20-7-5-6-8-21(20)26/h5-11,17-18H,12-14H2,1-4H3. The highest BCUT2D eigenvalue weighted by molar-refractivity contribution is 6.35. The van der Waals surface area contributed by atoms with Crippen molar-refractivity contribution in [3.8, 4) is 0 Å². The summed E-state index contributed by atoms with van der Waals surface area (Å²) in [5.41, 5.74) is 4.66. The number of halogens is 1. The second-order valence-electron chi connectivity index (χ2n) is 8.47. The molecule has 31 heavy (non-hydrogen) atoms. The number of imide groups is 1. The monoisotopic (exact) mass is 438 g/mol. The Labute approximate surface area is 188 Å². The summed E-state index contributed by atoms with van der Waals surface area (Å²) in [6.45, 7) is 9.29.